The molecule has 0 N–H and O–H groups in total. The van der Waals surface area contributed by atoms with Crippen molar-refractivity contribution in [2.24, 2.45) is 29.1 Å². The summed E-state index contributed by atoms with van der Waals surface area (Å²) < 4.78 is 0. The van der Waals surface area contributed by atoms with Gasteiger partial charge in [0.05, 0.1) is 0 Å². The van der Waals surface area contributed by atoms with Gasteiger partial charge in [0, 0.05) is 0 Å². The van der Waals surface area contributed by atoms with E-state index in [-0.39, 0.29) is 0 Å². The van der Waals surface area contributed by atoms with Gasteiger partial charge >= 0.3 is 0 Å². The first-order valence-corrected chi connectivity index (χ1v) is 12.3. The van der Waals surface area contributed by atoms with E-state index in [9.17, 15) is 0 Å². The molecule has 0 nitrogen and oxygen atoms in total. The Morgan fingerprint density at radius 2 is 1.22 bits per heavy atom. The Hall–Kier alpha value is -0.780. The molecule has 0 amide bonds. The molecule has 27 heavy (non-hydrogen) atoms. The maximum Gasteiger partial charge on any atom is -0.0162 e. The van der Waals surface area contributed by atoms with Gasteiger partial charge in [-0.15, -0.1) is 0 Å². The van der Waals surface area contributed by atoms with Crippen molar-refractivity contribution in [3.8, 4) is 0 Å². The number of rotatable bonds is 3. The summed E-state index contributed by atoms with van der Waals surface area (Å²) in [5, 5.41) is 0. The van der Waals surface area contributed by atoms with Gasteiger partial charge in [-0.3, -0.25) is 0 Å². The third-order valence-electron chi connectivity index (χ3n) is 9.48. The smallest absolute Gasteiger partial charge is 0.0162 e. The summed E-state index contributed by atoms with van der Waals surface area (Å²) >= 11 is 0. The predicted molar refractivity (Wildman–Crippen MR) is 115 cm³/mol. The van der Waals surface area contributed by atoms with E-state index in [2.05, 4.69) is 31.2 Å². The Labute approximate surface area is 167 Å². The highest BCUT2D eigenvalue weighted by molar-refractivity contribution is 5.24. The number of hydrogen-bond acceptors (Lipinski definition) is 0. The minimum Gasteiger partial charge on any atom is -0.0590 e. The lowest BCUT2D eigenvalue weighted by atomic mass is 9.67. The molecule has 0 heterocycles. The fourth-order valence-corrected chi connectivity index (χ4v) is 7.66. The summed E-state index contributed by atoms with van der Waals surface area (Å²) in [6.07, 6.45) is 21.6. The lowest BCUT2D eigenvalue weighted by Crippen LogP contribution is -2.27. The zero-order valence-electron chi connectivity index (χ0n) is 17.6. The van der Waals surface area contributed by atoms with Crippen LogP contribution in [0.25, 0.3) is 0 Å². The zero-order chi connectivity index (χ0) is 18.3. The third kappa shape index (κ3) is 3.75. The molecule has 1 aromatic carbocycles. The van der Waals surface area contributed by atoms with Gasteiger partial charge in [0.25, 0.3) is 0 Å². The van der Waals surface area contributed by atoms with Gasteiger partial charge in [-0.1, -0.05) is 49.1 Å². The number of benzene rings is 1. The minimum atomic E-state index is 0.843. The lowest BCUT2D eigenvalue weighted by Gasteiger charge is -2.39. The quantitative estimate of drug-likeness (QED) is 0.509. The summed E-state index contributed by atoms with van der Waals surface area (Å²) in [6.45, 7) is 2.20. The molecule has 1 spiro atoms. The molecule has 0 aliphatic heterocycles. The van der Waals surface area contributed by atoms with Crippen LogP contribution in [0.4, 0.5) is 0 Å². The van der Waals surface area contributed by atoms with Gasteiger partial charge in [0.2, 0.25) is 0 Å². The van der Waals surface area contributed by atoms with Crippen LogP contribution in [0, 0.1) is 36.0 Å². The van der Waals surface area contributed by atoms with Crippen molar-refractivity contribution < 1.29 is 0 Å². The summed E-state index contributed by atoms with van der Waals surface area (Å²) in [7, 11) is 0. The largest absolute Gasteiger partial charge is 0.0590 e. The van der Waals surface area contributed by atoms with Crippen LogP contribution in [0.5, 0.6) is 0 Å². The van der Waals surface area contributed by atoms with Crippen LogP contribution in [0.1, 0.15) is 107 Å². The normalized spacial score (nSPS) is 38.6. The Morgan fingerprint density at radius 1 is 0.667 bits per heavy atom. The molecule has 0 heteroatoms. The third-order valence-corrected chi connectivity index (χ3v) is 9.48. The van der Waals surface area contributed by atoms with Crippen molar-refractivity contribution in [2.75, 3.05) is 0 Å². The molecule has 4 aliphatic rings. The number of hydrogen-bond donors (Lipinski definition) is 0. The molecular formula is C27H40. The van der Waals surface area contributed by atoms with Gasteiger partial charge in [-0.2, -0.15) is 0 Å². The second kappa shape index (κ2) is 7.57. The van der Waals surface area contributed by atoms with Crippen LogP contribution in [0.3, 0.4) is 0 Å². The van der Waals surface area contributed by atoms with E-state index < -0.39 is 0 Å². The molecule has 0 radical (unpaired) electrons. The summed E-state index contributed by atoms with van der Waals surface area (Å²) in [5.74, 6) is 5.23. The Kier molecular flexibility index (Phi) is 5.12. The highest BCUT2D eigenvalue weighted by Gasteiger charge is 2.56. The lowest BCUT2D eigenvalue weighted by molar-refractivity contribution is 0.140. The molecule has 1 aromatic rings. The standard InChI is InChI=1S/C27H40/c1-20-5-7-21(8-6-20)22-9-11-23(12-10-22)24-13-15-25(16-14-24)26-19-27(26)17-3-2-4-18-27/h5-8,22-26H,2-4,9-19H2,1H3/t22?,23?,24?,25?,26-/m0/s1. The van der Waals surface area contributed by atoms with Crippen LogP contribution in [0.15, 0.2) is 24.3 Å². The molecule has 1 atom stereocenters. The van der Waals surface area contributed by atoms with Crippen LogP contribution < -0.4 is 0 Å². The molecule has 0 saturated heterocycles. The van der Waals surface area contributed by atoms with E-state index in [0.29, 0.717) is 0 Å². The van der Waals surface area contributed by atoms with Crippen molar-refractivity contribution in [1.29, 1.82) is 0 Å². The topological polar surface area (TPSA) is 0 Å². The van der Waals surface area contributed by atoms with Crippen LogP contribution in [-0.4, -0.2) is 0 Å². The Morgan fingerprint density at radius 3 is 1.85 bits per heavy atom. The summed E-state index contributed by atoms with van der Waals surface area (Å²) in [5.41, 5.74) is 3.87. The molecule has 0 bridgehead atoms. The first-order valence-electron chi connectivity index (χ1n) is 12.3. The van der Waals surface area contributed by atoms with Crippen molar-refractivity contribution in [3.05, 3.63) is 35.4 Å². The SMILES string of the molecule is Cc1ccc(C2CCC(C3CCC([C@@H]4CC45CCCCC5)CC3)CC2)cc1. The zero-order valence-corrected chi connectivity index (χ0v) is 17.6. The second-order valence-corrected chi connectivity index (χ2v) is 10.9. The summed E-state index contributed by atoms with van der Waals surface area (Å²) in [6, 6.07) is 9.39. The molecule has 4 aliphatic carbocycles. The highest BCUT2D eigenvalue weighted by Crippen LogP contribution is 2.66. The maximum absolute atomic E-state index is 2.39. The molecule has 0 aromatic heterocycles. The second-order valence-electron chi connectivity index (χ2n) is 10.9. The fraction of sp³-hybridized carbons (Fsp3) is 0.778. The van der Waals surface area contributed by atoms with Gasteiger partial charge in [-0.25, -0.2) is 0 Å². The maximum atomic E-state index is 2.39. The molecule has 148 valence electrons. The first-order chi connectivity index (χ1) is 13.2. The highest BCUT2D eigenvalue weighted by atomic mass is 14.6. The van der Waals surface area contributed by atoms with E-state index in [1.54, 1.807) is 50.5 Å². The number of aryl methyl sites for hydroxylation is 1. The van der Waals surface area contributed by atoms with Crippen molar-refractivity contribution in [2.45, 2.75) is 103 Å². The summed E-state index contributed by atoms with van der Waals surface area (Å²) in [4.78, 5) is 0. The van der Waals surface area contributed by atoms with Crippen LogP contribution in [-0.2, 0) is 0 Å². The molecule has 5 rings (SSSR count). The predicted octanol–water partition coefficient (Wildman–Crippen LogP) is 8.05. The molecule has 4 saturated carbocycles. The Balaban J connectivity index is 1.09. The van der Waals surface area contributed by atoms with Gasteiger partial charge in [0.15, 0.2) is 0 Å². The first kappa shape index (κ1) is 18.3. The van der Waals surface area contributed by atoms with Gasteiger partial charge in [-0.05, 0) is 118 Å². The van der Waals surface area contributed by atoms with E-state index in [0.717, 1.165) is 35.0 Å². The minimum absolute atomic E-state index is 0.843. The van der Waals surface area contributed by atoms with E-state index in [1.807, 2.05) is 0 Å². The monoisotopic (exact) mass is 364 g/mol. The average Bonchev–Trinajstić information content (AvgIpc) is 3.42. The van der Waals surface area contributed by atoms with Crippen LogP contribution in [0.2, 0.25) is 0 Å². The van der Waals surface area contributed by atoms with Crippen molar-refractivity contribution in [3.63, 3.8) is 0 Å². The molecule has 4 fully saturated rings. The average molecular weight is 365 g/mol. The van der Waals surface area contributed by atoms with Crippen LogP contribution >= 0.6 is 0 Å². The fourth-order valence-electron chi connectivity index (χ4n) is 7.66. The van der Waals surface area contributed by atoms with Gasteiger partial charge < -0.3 is 0 Å². The van der Waals surface area contributed by atoms with Gasteiger partial charge in [0.1, 0.15) is 0 Å². The van der Waals surface area contributed by atoms with E-state index >= 15 is 0 Å². The Bertz CT molecular complexity index is 604. The van der Waals surface area contributed by atoms with Crippen molar-refractivity contribution in [1.82, 2.24) is 0 Å². The van der Waals surface area contributed by atoms with E-state index in [1.165, 1.54) is 50.5 Å². The van der Waals surface area contributed by atoms with Crippen molar-refractivity contribution >= 4 is 0 Å². The molecular weight excluding hydrogens is 324 g/mol. The van der Waals surface area contributed by atoms with E-state index in [4.69, 9.17) is 0 Å². The molecule has 0 unspecified atom stereocenters.